The number of carbonyl (C=O) groups is 1. The van der Waals surface area contributed by atoms with Crippen LogP contribution in [0.15, 0.2) is 60.9 Å². The molecule has 0 spiro atoms. The quantitative estimate of drug-likeness (QED) is 0.442. The second-order valence-electron chi connectivity index (χ2n) is 8.49. The van der Waals surface area contributed by atoms with Crippen LogP contribution in [0.4, 0.5) is 4.39 Å². The Morgan fingerprint density at radius 2 is 2.03 bits per heavy atom. The van der Waals surface area contributed by atoms with Crippen LogP contribution in [0.25, 0.3) is 22.2 Å². The number of para-hydroxylation sites is 1. The molecule has 6 heteroatoms. The van der Waals surface area contributed by atoms with Crippen molar-refractivity contribution in [2.45, 2.75) is 26.2 Å². The number of nitrogens with one attached hydrogen (secondary N) is 1. The van der Waals surface area contributed by atoms with Gasteiger partial charge in [0.2, 0.25) is 0 Å². The summed E-state index contributed by atoms with van der Waals surface area (Å²) in [5, 5.41) is 1.19. The van der Waals surface area contributed by atoms with Gasteiger partial charge in [0.1, 0.15) is 11.6 Å². The molecular weight excluding hydrogens is 403 g/mol. The van der Waals surface area contributed by atoms with Crippen molar-refractivity contribution < 1.29 is 9.18 Å². The summed E-state index contributed by atoms with van der Waals surface area (Å²) in [6.07, 6.45) is 6.66. The molecule has 1 aliphatic carbocycles. The number of fused-ring (bicyclic) bond motifs is 1. The van der Waals surface area contributed by atoms with Gasteiger partial charge >= 0.3 is 0 Å². The van der Waals surface area contributed by atoms with Crippen LogP contribution in [0.5, 0.6) is 0 Å². The summed E-state index contributed by atoms with van der Waals surface area (Å²) >= 11 is 0. The predicted molar refractivity (Wildman–Crippen MR) is 123 cm³/mol. The Morgan fingerprint density at radius 1 is 1.19 bits per heavy atom. The molecule has 162 valence electrons. The lowest BCUT2D eigenvalue weighted by molar-refractivity contribution is 0.0749. The standard InChI is InChI=1S/C26H25FN4O/c1-17-28-15-23(25(30-17)19-5-4-6-21(27)13-19)26(32)31(16-18-9-10-18)12-11-20-14-29-24-8-3-2-7-22(20)24/h2-8,13-15,18,29H,9-12,16H2,1H3. The van der Waals surface area contributed by atoms with Crippen LogP contribution in [0.1, 0.15) is 34.6 Å². The molecule has 1 saturated carbocycles. The molecule has 0 saturated heterocycles. The number of aryl methyl sites for hydroxylation is 1. The number of aromatic amines is 1. The second-order valence-corrected chi connectivity index (χ2v) is 8.49. The van der Waals surface area contributed by atoms with Gasteiger partial charge in [0, 0.05) is 41.9 Å². The number of nitrogens with zero attached hydrogens (tertiary/aromatic N) is 3. The first-order chi connectivity index (χ1) is 15.6. The molecule has 4 aromatic rings. The summed E-state index contributed by atoms with van der Waals surface area (Å²) in [6.45, 7) is 3.10. The van der Waals surface area contributed by atoms with Crippen LogP contribution >= 0.6 is 0 Å². The van der Waals surface area contributed by atoms with Crippen molar-refractivity contribution in [3.05, 3.63) is 83.7 Å². The number of rotatable bonds is 7. The Bertz CT molecular complexity index is 1280. The van der Waals surface area contributed by atoms with E-state index in [4.69, 9.17) is 0 Å². The molecule has 0 unspecified atom stereocenters. The third kappa shape index (κ3) is 4.26. The molecule has 0 atom stereocenters. The van der Waals surface area contributed by atoms with Crippen molar-refractivity contribution in [3.8, 4) is 11.3 Å². The van der Waals surface area contributed by atoms with Gasteiger partial charge in [0.25, 0.3) is 5.91 Å². The highest BCUT2D eigenvalue weighted by Gasteiger charge is 2.29. The molecule has 2 heterocycles. The molecule has 0 radical (unpaired) electrons. The third-order valence-electron chi connectivity index (χ3n) is 6.03. The molecule has 5 rings (SSSR count). The van der Waals surface area contributed by atoms with E-state index in [0.29, 0.717) is 35.1 Å². The lowest BCUT2D eigenvalue weighted by Crippen LogP contribution is -2.35. The fourth-order valence-electron chi connectivity index (χ4n) is 4.13. The largest absolute Gasteiger partial charge is 0.361 e. The summed E-state index contributed by atoms with van der Waals surface area (Å²) in [4.78, 5) is 27.7. The van der Waals surface area contributed by atoms with Crippen LogP contribution in [-0.4, -0.2) is 38.8 Å². The Labute approximate surface area is 186 Å². The van der Waals surface area contributed by atoms with E-state index in [1.165, 1.54) is 23.1 Å². The first-order valence-electron chi connectivity index (χ1n) is 11.0. The molecule has 32 heavy (non-hydrogen) atoms. The van der Waals surface area contributed by atoms with E-state index in [2.05, 4.69) is 27.1 Å². The number of carbonyl (C=O) groups excluding carboxylic acids is 1. The Kier molecular flexibility index (Phi) is 5.43. The SMILES string of the molecule is Cc1ncc(C(=O)N(CCc2c[nH]c3ccccc23)CC2CC2)c(-c2cccc(F)c2)n1. The molecule has 1 aliphatic rings. The monoisotopic (exact) mass is 428 g/mol. The van der Waals surface area contributed by atoms with Gasteiger partial charge < -0.3 is 9.88 Å². The van der Waals surface area contributed by atoms with Crippen molar-refractivity contribution in [1.29, 1.82) is 0 Å². The first kappa shape index (κ1) is 20.4. The highest BCUT2D eigenvalue weighted by Crippen LogP contribution is 2.31. The maximum atomic E-state index is 13.9. The van der Waals surface area contributed by atoms with E-state index < -0.39 is 0 Å². The molecule has 1 fully saturated rings. The van der Waals surface area contributed by atoms with Crippen LogP contribution in [0, 0.1) is 18.7 Å². The number of halogens is 1. The van der Waals surface area contributed by atoms with Crippen LogP contribution in [-0.2, 0) is 6.42 Å². The maximum Gasteiger partial charge on any atom is 0.257 e. The fourth-order valence-corrected chi connectivity index (χ4v) is 4.13. The molecule has 1 N–H and O–H groups in total. The maximum absolute atomic E-state index is 13.9. The highest BCUT2D eigenvalue weighted by atomic mass is 19.1. The minimum Gasteiger partial charge on any atom is -0.361 e. The first-order valence-corrected chi connectivity index (χ1v) is 11.0. The van der Waals surface area contributed by atoms with Crippen molar-refractivity contribution >= 4 is 16.8 Å². The molecule has 2 aromatic heterocycles. The predicted octanol–water partition coefficient (Wildman–Crippen LogP) is 5.17. The van der Waals surface area contributed by atoms with Crippen molar-refractivity contribution in [3.63, 3.8) is 0 Å². The Balaban J connectivity index is 1.44. The Hall–Kier alpha value is -3.54. The van der Waals surface area contributed by atoms with Crippen molar-refractivity contribution in [1.82, 2.24) is 19.9 Å². The van der Waals surface area contributed by atoms with Gasteiger partial charge in [-0.1, -0.05) is 30.3 Å². The molecule has 1 amide bonds. The number of aromatic nitrogens is 3. The zero-order valence-corrected chi connectivity index (χ0v) is 18.0. The van der Waals surface area contributed by atoms with Gasteiger partial charge in [-0.3, -0.25) is 4.79 Å². The highest BCUT2D eigenvalue weighted by molar-refractivity contribution is 5.99. The second kappa shape index (κ2) is 8.54. The summed E-state index contributed by atoms with van der Waals surface area (Å²) < 4.78 is 13.9. The normalized spacial score (nSPS) is 13.4. The van der Waals surface area contributed by atoms with Gasteiger partial charge in [-0.2, -0.15) is 0 Å². The minimum absolute atomic E-state index is 0.101. The lowest BCUT2D eigenvalue weighted by atomic mass is 10.0. The molecular formula is C26H25FN4O. The zero-order chi connectivity index (χ0) is 22.1. The number of amides is 1. The van der Waals surface area contributed by atoms with E-state index in [1.54, 1.807) is 25.3 Å². The van der Waals surface area contributed by atoms with E-state index in [1.807, 2.05) is 23.2 Å². The molecule has 0 aliphatic heterocycles. The number of benzene rings is 2. The van der Waals surface area contributed by atoms with Crippen LogP contribution in [0.2, 0.25) is 0 Å². The van der Waals surface area contributed by atoms with Crippen molar-refractivity contribution in [2.24, 2.45) is 5.92 Å². The van der Waals surface area contributed by atoms with Gasteiger partial charge in [0.05, 0.1) is 11.3 Å². The minimum atomic E-state index is -0.355. The van der Waals surface area contributed by atoms with E-state index in [9.17, 15) is 9.18 Å². The summed E-state index contributed by atoms with van der Waals surface area (Å²) in [5.41, 5.74) is 3.78. The molecule has 0 bridgehead atoms. The van der Waals surface area contributed by atoms with Crippen LogP contribution in [0.3, 0.4) is 0 Å². The topological polar surface area (TPSA) is 61.9 Å². The fraction of sp³-hybridized carbons (Fsp3) is 0.269. The summed E-state index contributed by atoms with van der Waals surface area (Å²) in [5.74, 6) is 0.640. The van der Waals surface area contributed by atoms with Gasteiger partial charge in [-0.05, 0) is 55.9 Å². The molecule has 5 nitrogen and oxygen atoms in total. The summed E-state index contributed by atoms with van der Waals surface area (Å²) in [6, 6.07) is 14.4. The Morgan fingerprint density at radius 3 is 2.84 bits per heavy atom. The van der Waals surface area contributed by atoms with E-state index in [-0.39, 0.29) is 11.7 Å². The summed E-state index contributed by atoms with van der Waals surface area (Å²) in [7, 11) is 0. The number of H-pyrrole nitrogens is 1. The number of hydrogen-bond acceptors (Lipinski definition) is 3. The van der Waals surface area contributed by atoms with Gasteiger partial charge in [-0.25, -0.2) is 14.4 Å². The van der Waals surface area contributed by atoms with Gasteiger partial charge in [-0.15, -0.1) is 0 Å². The third-order valence-corrected chi connectivity index (χ3v) is 6.03. The average Bonchev–Trinajstić information content (AvgIpc) is 3.53. The lowest BCUT2D eigenvalue weighted by Gasteiger charge is -2.24. The van der Waals surface area contributed by atoms with Crippen molar-refractivity contribution in [2.75, 3.05) is 13.1 Å². The van der Waals surface area contributed by atoms with E-state index >= 15 is 0 Å². The van der Waals surface area contributed by atoms with Crippen LogP contribution < -0.4 is 0 Å². The number of hydrogen-bond donors (Lipinski definition) is 1. The average molecular weight is 429 g/mol. The van der Waals surface area contributed by atoms with E-state index in [0.717, 1.165) is 31.3 Å². The van der Waals surface area contributed by atoms with Gasteiger partial charge in [0.15, 0.2) is 0 Å². The zero-order valence-electron chi connectivity index (χ0n) is 18.0. The molecule has 2 aromatic carbocycles. The smallest absolute Gasteiger partial charge is 0.257 e.